The molecule has 5 aliphatic heterocycles. The third kappa shape index (κ3) is 5.41. The Kier molecular flexibility index (Phi) is 7.75. The van der Waals surface area contributed by atoms with Crippen molar-refractivity contribution in [2.45, 2.75) is 55.0 Å². The van der Waals surface area contributed by atoms with Crippen LogP contribution < -0.4 is 10.9 Å². The number of aromatic amines is 1. The van der Waals surface area contributed by atoms with Gasteiger partial charge in [0.05, 0.1) is 25.9 Å². The summed E-state index contributed by atoms with van der Waals surface area (Å²) < 4.78 is 93.8. The summed E-state index contributed by atoms with van der Waals surface area (Å²) in [6.45, 7) is -11.2. The first-order valence-electron chi connectivity index (χ1n) is 12.9. The van der Waals surface area contributed by atoms with Crippen LogP contribution in [0.3, 0.4) is 0 Å². The molecule has 0 aromatic carbocycles. The van der Waals surface area contributed by atoms with Crippen molar-refractivity contribution >= 4 is 72.8 Å². The van der Waals surface area contributed by atoms with Crippen LogP contribution in [-0.4, -0.2) is 121 Å². The van der Waals surface area contributed by atoms with E-state index in [1.807, 2.05) is 0 Å². The first-order valence-corrected chi connectivity index (χ1v) is 18.2. The van der Waals surface area contributed by atoms with Crippen molar-refractivity contribution in [1.82, 2.24) is 35.2 Å². The average molecular weight is 730 g/mol. The summed E-state index contributed by atoms with van der Waals surface area (Å²) in [4.78, 5) is 50.1. The lowest BCUT2D eigenvalue weighted by Gasteiger charge is -2.31. The highest BCUT2D eigenvalue weighted by Gasteiger charge is 2.64. The zero-order chi connectivity index (χ0) is 32.8. The van der Waals surface area contributed by atoms with Gasteiger partial charge in [0, 0.05) is 0 Å². The van der Waals surface area contributed by atoms with Crippen LogP contribution in [0.25, 0.3) is 11.2 Å². The molecule has 0 radical (unpaired) electrons. The maximum atomic E-state index is 15.9. The van der Waals surface area contributed by atoms with Crippen LogP contribution in [0, 0.1) is 5.41 Å². The van der Waals surface area contributed by atoms with Gasteiger partial charge in [0.1, 0.15) is 18.3 Å². The number of nitrogens with one attached hydrogen (secondary N) is 3. The fourth-order valence-electron chi connectivity index (χ4n) is 5.23. The number of hydrogen-bond donors (Lipinski definition) is 5. The number of amides is 1. The Bertz CT molecular complexity index is 1850. The maximum Gasteiger partial charge on any atom is 0.386 e. The first kappa shape index (κ1) is 31.9. The molecule has 1 amide bonds. The van der Waals surface area contributed by atoms with Gasteiger partial charge in [-0.2, -0.15) is 18.5 Å². The Labute approximate surface area is 263 Å². The SMILES string of the molecule is N=C1N=C2C(N=CN2[C@@H]2O[C@@H]3COP(O)(=S)O[C@@H]4[C@@H](COP(=O)(S)O[C@@H]2[C@@H]3F)O[C@@H](n2nnc3c(=O)[nH]cnc32)C4(F)F)C(=O)N1. The normalized spacial score (nSPS) is 40.9. The molecule has 2 bridgehead atoms. The number of thiol groups is 1. The van der Waals surface area contributed by atoms with Crippen LogP contribution in [0.1, 0.15) is 6.23 Å². The third-order valence-electron chi connectivity index (χ3n) is 7.25. The van der Waals surface area contributed by atoms with Gasteiger partial charge in [-0.1, -0.05) is 17.5 Å². The second-order valence-electron chi connectivity index (χ2n) is 10.2. The van der Waals surface area contributed by atoms with Crippen molar-refractivity contribution in [3.8, 4) is 0 Å². The number of amidine groups is 1. The van der Waals surface area contributed by atoms with Crippen molar-refractivity contribution in [2.75, 3.05) is 13.2 Å². The summed E-state index contributed by atoms with van der Waals surface area (Å²) in [6, 6.07) is -1.21. The summed E-state index contributed by atoms with van der Waals surface area (Å²) in [7, 11) is 0. The number of H-pyrrole nitrogens is 1. The van der Waals surface area contributed by atoms with Crippen molar-refractivity contribution < 1.29 is 55.0 Å². The fraction of sp³-hybridized carbons (Fsp3) is 0.579. The molecule has 0 aliphatic carbocycles. The third-order valence-corrected chi connectivity index (χ3v) is 10.4. The van der Waals surface area contributed by atoms with E-state index < -0.39 is 99.2 Å². The molecule has 10 atom stereocenters. The van der Waals surface area contributed by atoms with E-state index in [0.717, 1.165) is 17.6 Å². The fourth-order valence-corrected chi connectivity index (χ4v) is 8.10. The largest absolute Gasteiger partial charge is 0.386 e. The zero-order valence-electron chi connectivity index (χ0n) is 22.3. The number of halogens is 3. The van der Waals surface area contributed by atoms with Gasteiger partial charge in [-0.15, -0.1) is 5.10 Å². The molecular weight excluding hydrogens is 711 g/mol. The molecule has 0 saturated carbocycles. The van der Waals surface area contributed by atoms with Gasteiger partial charge in [-0.05, 0) is 11.8 Å². The highest BCUT2D eigenvalue weighted by atomic mass is 32.7. The van der Waals surface area contributed by atoms with Crippen molar-refractivity contribution in [2.24, 2.45) is 9.98 Å². The van der Waals surface area contributed by atoms with E-state index in [1.165, 1.54) is 0 Å². The highest BCUT2D eigenvalue weighted by Crippen LogP contribution is 2.59. The minimum absolute atomic E-state index is 0.139. The number of hydrogen-bond acceptors (Lipinski definition) is 16. The number of nitrogens with zero attached hydrogens (tertiary/aromatic N) is 7. The number of carbonyl (C=O) groups is 1. The standard InChI is InChI=1S/C19H19F3N10O10P2S2/c20-7-5-1-37-44(36,46)42-11-6(40-17(19(11,21)22)32-12-9(29-30-32)14(33)25-3-24-12)2-38-43(35,45)41-10(7)16(39-5)31-4-26-8-13(31)27-18(23)28-15(8)34/h3-8,10-11,16-17H,1-2H2,(H,35,45)(H,36,46)(H2,23,28,34)(H,24,25,33)/t5-,6-,7-,8?,10-,11-,16-,17-,43?,44?/m1/s1. The highest BCUT2D eigenvalue weighted by molar-refractivity contribution is 8.44. The number of fused-ring (bicyclic) bond motifs is 5. The van der Waals surface area contributed by atoms with Crippen LogP contribution in [0.2, 0.25) is 0 Å². The van der Waals surface area contributed by atoms with E-state index in [2.05, 4.69) is 47.8 Å². The van der Waals surface area contributed by atoms with Crippen LogP contribution in [0.5, 0.6) is 0 Å². The number of rotatable bonds is 2. The van der Waals surface area contributed by atoms with E-state index in [4.69, 9.17) is 44.8 Å². The number of alkyl halides is 3. The van der Waals surface area contributed by atoms with E-state index in [1.54, 1.807) is 0 Å². The van der Waals surface area contributed by atoms with Crippen molar-refractivity contribution in [3.63, 3.8) is 0 Å². The molecule has 2 aromatic rings. The predicted octanol–water partition coefficient (Wildman–Crippen LogP) is -0.642. The molecule has 3 fully saturated rings. The predicted molar refractivity (Wildman–Crippen MR) is 151 cm³/mol. The second kappa shape index (κ2) is 11.2. The minimum atomic E-state index is -4.67. The summed E-state index contributed by atoms with van der Waals surface area (Å²) in [5, 5.41) is 17.0. The summed E-state index contributed by atoms with van der Waals surface area (Å²) >= 11 is 8.84. The Morgan fingerprint density at radius 2 is 1.96 bits per heavy atom. The van der Waals surface area contributed by atoms with Gasteiger partial charge in [-0.3, -0.25) is 43.8 Å². The molecule has 248 valence electrons. The number of guanidine groups is 1. The summed E-state index contributed by atoms with van der Waals surface area (Å²) in [6.07, 6.45) is -11.9. The molecule has 5 aliphatic rings. The van der Waals surface area contributed by atoms with Crippen LogP contribution >= 0.6 is 25.8 Å². The van der Waals surface area contributed by atoms with Crippen LogP contribution in [0.15, 0.2) is 21.1 Å². The smallest absolute Gasteiger partial charge is 0.346 e. The topological polar surface area (TPSA) is 250 Å². The molecule has 3 unspecified atom stereocenters. The number of ether oxygens (including phenoxy) is 2. The quantitative estimate of drug-likeness (QED) is 0.190. The molecule has 46 heavy (non-hydrogen) atoms. The van der Waals surface area contributed by atoms with E-state index >= 15 is 13.2 Å². The van der Waals surface area contributed by atoms with Gasteiger partial charge < -0.3 is 23.9 Å². The molecule has 2 aromatic heterocycles. The van der Waals surface area contributed by atoms with E-state index in [0.29, 0.717) is 4.68 Å². The average Bonchev–Trinajstić information content (AvgIpc) is 3.71. The monoisotopic (exact) mass is 730 g/mol. The number of carbonyl (C=O) groups excluding carboxylic acids is 1. The Balaban J connectivity index is 1.20. The Morgan fingerprint density at radius 1 is 1.20 bits per heavy atom. The molecular formula is C19H19F3N10O10P2S2. The summed E-state index contributed by atoms with van der Waals surface area (Å²) in [5.74, 6) is -5.48. The number of aromatic nitrogens is 5. The lowest BCUT2D eigenvalue weighted by atomic mass is 10.1. The van der Waals surface area contributed by atoms with Crippen LogP contribution in [-0.2, 0) is 48.7 Å². The molecule has 7 heterocycles. The van der Waals surface area contributed by atoms with Gasteiger partial charge >= 0.3 is 19.4 Å². The van der Waals surface area contributed by atoms with Gasteiger partial charge in [0.2, 0.25) is 12.2 Å². The van der Waals surface area contributed by atoms with Gasteiger partial charge in [-0.25, -0.2) is 13.9 Å². The number of aliphatic imine (C=N–C) groups is 2. The zero-order valence-corrected chi connectivity index (χ0v) is 25.8. The Hall–Kier alpha value is -2.70. The van der Waals surface area contributed by atoms with Crippen LogP contribution in [0.4, 0.5) is 13.2 Å². The van der Waals surface area contributed by atoms with E-state index in [-0.39, 0.29) is 17.0 Å². The summed E-state index contributed by atoms with van der Waals surface area (Å²) in [5.41, 5.74) is -1.55. The van der Waals surface area contributed by atoms with Gasteiger partial charge in [0.25, 0.3) is 11.5 Å². The molecule has 4 N–H and O–H groups in total. The second-order valence-corrected chi connectivity index (χ2v) is 15.8. The molecule has 20 nitrogen and oxygen atoms in total. The molecule has 3 saturated heterocycles. The van der Waals surface area contributed by atoms with Crippen molar-refractivity contribution in [3.05, 3.63) is 16.7 Å². The lowest BCUT2D eigenvalue weighted by molar-refractivity contribution is -0.140. The maximum absolute atomic E-state index is 15.9. The first-order chi connectivity index (χ1) is 21.6. The molecule has 27 heteroatoms. The molecule has 7 rings (SSSR count). The Morgan fingerprint density at radius 3 is 2.74 bits per heavy atom. The minimum Gasteiger partial charge on any atom is -0.346 e. The lowest BCUT2D eigenvalue weighted by Crippen LogP contribution is -2.53. The van der Waals surface area contributed by atoms with Gasteiger partial charge in [0.15, 0.2) is 41.5 Å². The van der Waals surface area contributed by atoms with Crippen molar-refractivity contribution in [1.29, 1.82) is 5.41 Å². The van der Waals surface area contributed by atoms with E-state index in [9.17, 15) is 19.0 Å². The molecule has 0 spiro atoms.